The van der Waals surface area contributed by atoms with Crippen LogP contribution in [0.2, 0.25) is 0 Å². The maximum absolute atomic E-state index is 13.7. The monoisotopic (exact) mass is 308 g/mol. The zero-order chi connectivity index (χ0) is 16.3. The Hall–Kier alpha value is -2.44. The fourth-order valence-electron chi connectivity index (χ4n) is 1.99. The molecule has 0 atom stereocenters. The van der Waals surface area contributed by atoms with E-state index in [0.717, 1.165) is 23.8 Å². The van der Waals surface area contributed by atoms with Crippen molar-refractivity contribution in [2.75, 3.05) is 5.32 Å². The van der Waals surface area contributed by atoms with Crippen LogP contribution in [0.15, 0.2) is 24.4 Å². The highest BCUT2D eigenvalue weighted by Crippen LogP contribution is 2.18. The van der Waals surface area contributed by atoms with Gasteiger partial charge in [-0.25, -0.2) is 18.3 Å². The molecular formula is C15H18F2N4O. The van der Waals surface area contributed by atoms with E-state index < -0.39 is 11.6 Å². The fraction of sp³-hybridized carbons (Fsp3) is 0.333. The zero-order valence-corrected chi connectivity index (χ0v) is 12.7. The van der Waals surface area contributed by atoms with Crippen LogP contribution in [0.1, 0.15) is 25.0 Å². The highest BCUT2D eigenvalue weighted by molar-refractivity contribution is 5.89. The normalized spacial score (nSPS) is 10.8. The van der Waals surface area contributed by atoms with Gasteiger partial charge in [-0.15, -0.1) is 0 Å². The lowest BCUT2D eigenvalue weighted by molar-refractivity contribution is 0.249. The molecule has 0 bridgehead atoms. The molecule has 7 heteroatoms. The van der Waals surface area contributed by atoms with Gasteiger partial charge in [0.1, 0.15) is 17.5 Å². The summed E-state index contributed by atoms with van der Waals surface area (Å²) in [6.45, 7) is 5.48. The Balaban J connectivity index is 2.22. The molecular weight excluding hydrogens is 290 g/mol. The number of hydrogen-bond acceptors (Lipinski definition) is 2. The molecule has 0 saturated heterocycles. The molecule has 22 heavy (non-hydrogen) atoms. The predicted octanol–water partition coefficient (Wildman–Crippen LogP) is 3.05. The molecule has 0 radical (unpaired) electrons. The summed E-state index contributed by atoms with van der Waals surface area (Å²) in [5, 5.41) is 9.47. The molecule has 2 amide bonds. The maximum Gasteiger partial charge on any atom is 0.320 e. The van der Waals surface area contributed by atoms with Gasteiger partial charge in [0, 0.05) is 17.2 Å². The minimum absolute atomic E-state index is 0.0164. The smallest absolute Gasteiger partial charge is 0.320 e. The molecule has 0 aliphatic carbocycles. The largest absolute Gasteiger partial charge is 0.336 e. The second-order valence-electron chi connectivity index (χ2n) is 5.32. The van der Waals surface area contributed by atoms with Gasteiger partial charge >= 0.3 is 6.03 Å². The Morgan fingerprint density at radius 1 is 1.36 bits per heavy atom. The van der Waals surface area contributed by atoms with E-state index in [-0.39, 0.29) is 24.2 Å². The molecule has 1 aromatic carbocycles. The first-order chi connectivity index (χ1) is 10.4. The third kappa shape index (κ3) is 3.81. The van der Waals surface area contributed by atoms with E-state index in [0.29, 0.717) is 5.82 Å². The van der Waals surface area contributed by atoms with Gasteiger partial charge in [-0.05, 0) is 39.0 Å². The van der Waals surface area contributed by atoms with Crippen LogP contribution in [0.4, 0.5) is 19.4 Å². The van der Waals surface area contributed by atoms with Gasteiger partial charge in [0.25, 0.3) is 0 Å². The number of nitrogens with one attached hydrogen (secondary N) is 2. The molecule has 2 rings (SSSR count). The van der Waals surface area contributed by atoms with Crippen molar-refractivity contribution in [2.45, 2.75) is 33.4 Å². The highest BCUT2D eigenvalue weighted by Gasteiger charge is 2.14. The van der Waals surface area contributed by atoms with Gasteiger partial charge in [-0.3, -0.25) is 5.32 Å². The van der Waals surface area contributed by atoms with Crippen molar-refractivity contribution in [1.29, 1.82) is 0 Å². The molecule has 0 saturated carbocycles. The summed E-state index contributed by atoms with van der Waals surface area (Å²) in [7, 11) is 0. The number of rotatable bonds is 4. The SMILES string of the molecule is Cc1cnn(Cc2cc(F)ccc2F)c1NC(=O)NC(C)C. The maximum atomic E-state index is 13.7. The van der Waals surface area contributed by atoms with Crippen LogP contribution < -0.4 is 10.6 Å². The second-order valence-corrected chi connectivity index (χ2v) is 5.32. The van der Waals surface area contributed by atoms with Crippen molar-refractivity contribution in [3.05, 3.63) is 47.2 Å². The predicted molar refractivity (Wildman–Crippen MR) is 79.7 cm³/mol. The second kappa shape index (κ2) is 6.55. The van der Waals surface area contributed by atoms with Crippen molar-refractivity contribution < 1.29 is 13.6 Å². The number of halogens is 2. The van der Waals surface area contributed by atoms with Crippen LogP contribution >= 0.6 is 0 Å². The average Bonchev–Trinajstić information content (AvgIpc) is 2.75. The standard InChI is InChI=1S/C15H18F2N4O/c1-9(2)19-15(22)20-14-10(3)7-18-21(14)8-11-6-12(16)4-5-13(11)17/h4-7,9H,8H2,1-3H3,(H2,19,20,22). The molecule has 2 N–H and O–H groups in total. The first-order valence-corrected chi connectivity index (χ1v) is 6.90. The van der Waals surface area contributed by atoms with Crippen LogP contribution in [0.25, 0.3) is 0 Å². The molecule has 0 unspecified atom stereocenters. The summed E-state index contributed by atoms with van der Waals surface area (Å²) in [4.78, 5) is 11.8. The molecule has 0 fully saturated rings. The number of hydrogen-bond donors (Lipinski definition) is 2. The number of carbonyl (C=O) groups excluding carboxylic acids is 1. The Kier molecular flexibility index (Phi) is 4.75. The van der Waals surface area contributed by atoms with Crippen LogP contribution in [-0.2, 0) is 6.54 Å². The topological polar surface area (TPSA) is 59.0 Å². The van der Waals surface area contributed by atoms with Gasteiger partial charge in [0.2, 0.25) is 0 Å². The molecule has 0 aliphatic heterocycles. The average molecular weight is 308 g/mol. The number of nitrogens with zero attached hydrogens (tertiary/aromatic N) is 2. The Morgan fingerprint density at radius 2 is 2.09 bits per heavy atom. The minimum atomic E-state index is -0.521. The number of anilines is 1. The van der Waals surface area contributed by atoms with Crippen LogP contribution in [0.3, 0.4) is 0 Å². The van der Waals surface area contributed by atoms with Crippen LogP contribution in [-0.4, -0.2) is 21.9 Å². The summed E-state index contributed by atoms with van der Waals surface area (Å²) in [5.74, 6) is -0.596. The summed E-state index contributed by atoms with van der Waals surface area (Å²) in [6, 6.07) is 2.85. The van der Waals surface area contributed by atoms with E-state index in [1.807, 2.05) is 13.8 Å². The molecule has 2 aromatic rings. The molecule has 1 aromatic heterocycles. The van der Waals surface area contributed by atoms with Gasteiger partial charge < -0.3 is 5.32 Å². The molecule has 118 valence electrons. The minimum Gasteiger partial charge on any atom is -0.336 e. The summed E-state index contributed by atoms with van der Waals surface area (Å²) in [6.07, 6.45) is 1.56. The van der Waals surface area contributed by atoms with Crippen molar-refractivity contribution >= 4 is 11.8 Å². The fourth-order valence-corrected chi connectivity index (χ4v) is 1.99. The Morgan fingerprint density at radius 3 is 2.77 bits per heavy atom. The van der Waals surface area contributed by atoms with Crippen molar-refractivity contribution in [3.8, 4) is 0 Å². The van der Waals surface area contributed by atoms with Gasteiger partial charge in [0.15, 0.2) is 0 Å². The number of amides is 2. The lowest BCUT2D eigenvalue weighted by Crippen LogP contribution is -2.35. The third-order valence-electron chi connectivity index (χ3n) is 3.00. The van der Waals surface area contributed by atoms with Gasteiger partial charge in [-0.2, -0.15) is 5.10 Å². The zero-order valence-electron chi connectivity index (χ0n) is 12.7. The molecule has 0 spiro atoms. The number of urea groups is 1. The molecule has 0 aliphatic rings. The van der Waals surface area contributed by atoms with E-state index in [2.05, 4.69) is 15.7 Å². The van der Waals surface area contributed by atoms with Crippen molar-refractivity contribution in [2.24, 2.45) is 0 Å². The lowest BCUT2D eigenvalue weighted by Gasteiger charge is -2.13. The summed E-state index contributed by atoms with van der Waals surface area (Å²) < 4.78 is 28.4. The Bertz CT molecular complexity index is 682. The first-order valence-electron chi connectivity index (χ1n) is 6.90. The van der Waals surface area contributed by atoms with Gasteiger partial charge in [-0.1, -0.05) is 0 Å². The number of aryl methyl sites for hydroxylation is 1. The Labute approximate surface area is 127 Å². The van der Waals surface area contributed by atoms with E-state index in [9.17, 15) is 13.6 Å². The lowest BCUT2D eigenvalue weighted by atomic mass is 10.2. The van der Waals surface area contributed by atoms with E-state index in [4.69, 9.17) is 0 Å². The first kappa shape index (κ1) is 15.9. The third-order valence-corrected chi connectivity index (χ3v) is 3.00. The van der Waals surface area contributed by atoms with Crippen LogP contribution in [0.5, 0.6) is 0 Å². The van der Waals surface area contributed by atoms with Gasteiger partial charge in [0.05, 0.1) is 12.7 Å². The van der Waals surface area contributed by atoms with Crippen LogP contribution in [0, 0.1) is 18.6 Å². The number of carbonyl (C=O) groups is 1. The summed E-state index contributed by atoms with van der Waals surface area (Å²) >= 11 is 0. The quantitative estimate of drug-likeness (QED) is 0.912. The number of benzene rings is 1. The number of aromatic nitrogens is 2. The van der Waals surface area contributed by atoms with Crippen molar-refractivity contribution in [1.82, 2.24) is 15.1 Å². The molecule has 5 nitrogen and oxygen atoms in total. The van der Waals surface area contributed by atoms with E-state index >= 15 is 0 Å². The van der Waals surface area contributed by atoms with E-state index in [1.165, 1.54) is 4.68 Å². The van der Waals surface area contributed by atoms with Crippen molar-refractivity contribution in [3.63, 3.8) is 0 Å². The van der Waals surface area contributed by atoms with E-state index in [1.54, 1.807) is 13.1 Å². The highest BCUT2D eigenvalue weighted by atomic mass is 19.1. The molecule has 1 heterocycles. The summed E-state index contributed by atoms with van der Waals surface area (Å²) in [5.41, 5.74) is 0.895.